The Labute approximate surface area is 83.2 Å². The number of nitrogens with one attached hydrogen (secondary N) is 1. The lowest BCUT2D eigenvalue weighted by Gasteiger charge is -2.27. The molecule has 1 aliphatic heterocycles. The monoisotopic (exact) mass is 191 g/mol. The predicted molar refractivity (Wildman–Crippen MR) is 53.4 cm³/mol. The molecule has 0 radical (unpaired) electrons. The maximum absolute atomic E-state index is 11.1. The van der Waals surface area contributed by atoms with Gasteiger partial charge in [0.05, 0.1) is 0 Å². The van der Waals surface area contributed by atoms with Crippen LogP contribution in [0.5, 0.6) is 0 Å². The van der Waals surface area contributed by atoms with E-state index in [-0.39, 0.29) is 11.2 Å². The SMILES string of the molecule is [O-][NH+]1C=COC(Cc2ccccc2)C1. The average Bonchev–Trinajstić information content (AvgIpc) is 2.19. The number of rotatable bonds is 2. The molecule has 0 bridgehead atoms. The molecule has 3 nitrogen and oxygen atoms in total. The predicted octanol–water partition coefficient (Wildman–Crippen LogP) is 0.482. The standard InChI is InChI=1S/C11H13NO2/c13-12-6-7-14-11(9-12)8-10-4-2-1-3-5-10/h1-7,11-12H,8-9H2. The average molecular weight is 191 g/mol. The van der Waals surface area contributed by atoms with Gasteiger partial charge < -0.3 is 15.0 Å². The number of hydrogen-bond acceptors (Lipinski definition) is 2. The fraction of sp³-hybridized carbons (Fsp3) is 0.273. The molecule has 0 aliphatic carbocycles. The van der Waals surface area contributed by atoms with Crippen molar-refractivity contribution >= 4 is 0 Å². The molecule has 2 rings (SSSR count). The summed E-state index contributed by atoms with van der Waals surface area (Å²) in [6, 6.07) is 10.1. The zero-order chi connectivity index (χ0) is 9.80. The van der Waals surface area contributed by atoms with E-state index in [2.05, 4.69) is 0 Å². The van der Waals surface area contributed by atoms with Gasteiger partial charge in [-0.05, 0) is 5.56 Å². The van der Waals surface area contributed by atoms with Gasteiger partial charge in [0.25, 0.3) is 0 Å². The summed E-state index contributed by atoms with van der Waals surface area (Å²) in [5.41, 5.74) is 1.21. The molecule has 1 aliphatic rings. The van der Waals surface area contributed by atoms with Crippen LogP contribution in [-0.4, -0.2) is 12.6 Å². The van der Waals surface area contributed by atoms with Crippen LogP contribution in [0.2, 0.25) is 0 Å². The fourth-order valence-electron chi connectivity index (χ4n) is 1.56. The molecule has 0 amide bonds. The maximum Gasteiger partial charge on any atom is 0.151 e. The first-order valence-electron chi connectivity index (χ1n) is 4.73. The number of benzene rings is 1. The zero-order valence-electron chi connectivity index (χ0n) is 7.85. The minimum absolute atomic E-state index is 0.00917. The van der Waals surface area contributed by atoms with E-state index in [0.717, 1.165) is 6.42 Å². The van der Waals surface area contributed by atoms with Gasteiger partial charge in [0.15, 0.2) is 6.10 Å². The van der Waals surface area contributed by atoms with Crippen molar-refractivity contribution in [3.63, 3.8) is 0 Å². The Kier molecular flexibility index (Phi) is 2.81. The van der Waals surface area contributed by atoms with Crippen molar-refractivity contribution in [1.29, 1.82) is 0 Å². The van der Waals surface area contributed by atoms with Crippen LogP contribution in [0.25, 0.3) is 0 Å². The second-order valence-corrected chi connectivity index (χ2v) is 3.42. The summed E-state index contributed by atoms with van der Waals surface area (Å²) in [4.78, 5) is 0. The van der Waals surface area contributed by atoms with E-state index in [0.29, 0.717) is 6.54 Å². The van der Waals surface area contributed by atoms with E-state index in [1.165, 1.54) is 18.0 Å². The highest BCUT2D eigenvalue weighted by atomic mass is 16.5. The number of quaternary nitrogens is 1. The van der Waals surface area contributed by atoms with Gasteiger partial charge in [-0.25, -0.2) is 0 Å². The van der Waals surface area contributed by atoms with Crippen LogP contribution in [0.4, 0.5) is 0 Å². The van der Waals surface area contributed by atoms with E-state index in [1.807, 2.05) is 30.3 Å². The molecule has 1 heterocycles. The Morgan fingerprint density at radius 2 is 2.14 bits per heavy atom. The molecule has 0 fully saturated rings. The van der Waals surface area contributed by atoms with Crippen molar-refractivity contribution in [3.8, 4) is 0 Å². The summed E-state index contributed by atoms with van der Waals surface area (Å²) in [6.45, 7) is 0.491. The van der Waals surface area contributed by atoms with Gasteiger partial charge in [0, 0.05) is 6.42 Å². The van der Waals surface area contributed by atoms with Crippen molar-refractivity contribution in [2.45, 2.75) is 12.5 Å². The highest BCUT2D eigenvalue weighted by molar-refractivity contribution is 5.15. The first-order chi connectivity index (χ1) is 6.84. The second-order valence-electron chi connectivity index (χ2n) is 3.42. The number of hydrogen-bond donors (Lipinski definition) is 1. The maximum atomic E-state index is 11.1. The third-order valence-corrected chi connectivity index (χ3v) is 2.26. The molecule has 2 unspecified atom stereocenters. The largest absolute Gasteiger partial charge is 0.629 e. The highest BCUT2D eigenvalue weighted by Crippen LogP contribution is 2.06. The third-order valence-electron chi connectivity index (χ3n) is 2.26. The van der Waals surface area contributed by atoms with Crippen LogP contribution in [0.1, 0.15) is 5.56 Å². The van der Waals surface area contributed by atoms with E-state index < -0.39 is 0 Å². The smallest absolute Gasteiger partial charge is 0.151 e. The van der Waals surface area contributed by atoms with Crippen molar-refractivity contribution in [3.05, 3.63) is 53.6 Å². The van der Waals surface area contributed by atoms with Crippen molar-refractivity contribution in [2.24, 2.45) is 0 Å². The molecular formula is C11H13NO2. The summed E-state index contributed by atoms with van der Waals surface area (Å²) >= 11 is 0. The van der Waals surface area contributed by atoms with Gasteiger partial charge in [0.2, 0.25) is 0 Å². The summed E-state index contributed by atoms with van der Waals surface area (Å²) in [7, 11) is 0. The van der Waals surface area contributed by atoms with Crippen LogP contribution in [0.3, 0.4) is 0 Å². The number of hydroxylamine groups is 2. The van der Waals surface area contributed by atoms with Crippen molar-refractivity contribution in [2.75, 3.05) is 6.54 Å². The Hall–Kier alpha value is -1.32. The summed E-state index contributed by atoms with van der Waals surface area (Å²) in [5, 5.41) is 11.2. The summed E-state index contributed by atoms with van der Waals surface area (Å²) in [5.74, 6) is 0. The van der Waals surface area contributed by atoms with Gasteiger partial charge in [-0.3, -0.25) is 0 Å². The first-order valence-corrected chi connectivity index (χ1v) is 4.73. The first kappa shape index (κ1) is 9.24. The van der Waals surface area contributed by atoms with Crippen LogP contribution in [-0.2, 0) is 11.2 Å². The molecule has 74 valence electrons. The lowest BCUT2D eigenvalue weighted by molar-refractivity contribution is -0.800. The topological polar surface area (TPSA) is 36.7 Å². The molecule has 1 N–H and O–H groups in total. The summed E-state index contributed by atoms with van der Waals surface area (Å²) in [6.07, 6.45) is 3.80. The van der Waals surface area contributed by atoms with Crippen molar-refractivity contribution < 1.29 is 9.80 Å². The second kappa shape index (κ2) is 4.26. The van der Waals surface area contributed by atoms with Gasteiger partial charge in [0.1, 0.15) is 19.0 Å². The quantitative estimate of drug-likeness (QED) is 0.690. The van der Waals surface area contributed by atoms with E-state index in [9.17, 15) is 5.21 Å². The van der Waals surface area contributed by atoms with Gasteiger partial charge in [-0.15, -0.1) is 0 Å². The van der Waals surface area contributed by atoms with E-state index >= 15 is 0 Å². The molecule has 14 heavy (non-hydrogen) atoms. The minimum atomic E-state index is 0.00917. The fourth-order valence-corrected chi connectivity index (χ4v) is 1.56. The lowest BCUT2D eigenvalue weighted by Crippen LogP contribution is -3.04. The Morgan fingerprint density at radius 3 is 2.86 bits per heavy atom. The van der Waals surface area contributed by atoms with E-state index in [4.69, 9.17) is 4.74 Å². The van der Waals surface area contributed by atoms with Crippen LogP contribution >= 0.6 is 0 Å². The molecular weight excluding hydrogens is 178 g/mol. The molecule has 2 atom stereocenters. The van der Waals surface area contributed by atoms with Crippen molar-refractivity contribution in [1.82, 2.24) is 0 Å². The normalized spacial score (nSPS) is 25.8. The molecule has 0 spiro atoms. The zero-order valence-corrected chi connectivity index (χ0v) is 7.85. The van der Waals surface area contributed by atoms with E-state index in [1.54, 1.807) is 0 Å². The minimum Gasteiger partial charge on any atom is -0.629 e. The van der Waals surface area contributed by atoms with Gasteiger partial charge in [-0.1, -0.05) is 30.3 Å². The van der Waals surface area contributed by atoms with Gasteiger partial charge >= 0.3 is 0 Å². The Morgan fingerprint density at radius 1 is 1.36 bits per heavy atom. The van der Waals surface area contributed by atoms with Gasteiger partial charge in [-0.2, -0.15) is 0 Å². The van der Waals surface area contributed by atoms with Crippen LogP contribution < -0.4 is 5.06 Å². The highest BCUT2D eigenvalue weighted by Gasteiger charge is 2.16. The molecule has 0 aromatic heterocycles. The molecule has 0 saturated carbocycles. The number of ether oxygens (including phenoxy) is 1. The Bertz CT molecular complexity index is 310. The molecule has 1 aromatic rings. The Balaban J connectivity index is 1.96. The molecule has 1 aromatic carbocycles. The third kappa shape index (κ3) is 2.34. The summed E-state index contributed by atoms with van der Waals surface area (Å²) < 4.78 is 5.35. The van der Waals surface area contributed by atoms with Crippen LogP contribution in [0, 0.1) is 5.21 Å². The van der Waals surface area contributed by atoms with Crippen LogP contribution in [0.15, 0.2) is 42.8 Å². The molecule has 0 saturated heterocycles. The molecule has 3 heteroatoms. The lowest BCUT2D eigenvalue weighted by atomic mass is 10.1.